The van der Waals surface area contributed by atoms with Crippen molar-refractivity contribution in [2.24, 2.45) is 5.73 Å². The smallest absolute Gasteiger partial charge is 0.251 e. The van der Waals surface area contributed by atoms with Crippen LogP contribution in [0, 0.1) is 0 Å². The molecule has 1 aliphatic rings. The second-order valence-electron chi connectivity index (χ2n) is 4.08. The van der Waals surface area contributed by atoms with Crippen LogP contribution in [0.15, 0.2) is 10.9 Å². The SMILES string of the molecule is CCN1CCOC(c2nc(CN)cc(=O)[nH]2)C1. The molecule has 1 fully saturated rings. The Bertz CT molecular complexity index is 432. The van der Waals surface area contributed by atoms with Crippen LogP contribution in [0.4, 0.5) is 0 Å². The van der Waals surface area contributed by atoms with Crippen LogP contribution in [-0.4, -0.2) is 41.1 Å². The molecule has 94 valence electrons. The van der Waals surface area contributed by atoms with Crippen molar-refractivity contribution >= 4 is 0 Å². The van der Waals surface area contributed by atoms with E-state index in [2.05, 4.69) is 21.8 Å². The summed E-state index contributed by atoms with van der Waals surface area (Å²) in [6.45, 7) is 5.69. The third-order valence-corrected chi connectivity index (χ3v) is 2.92. The second-order valence-corrected chi connectivity index (χ2v) is 4.08. The van der Waals surface area contributed by atoms with Crippen LogP contribution in [0.3, 0.4) is 0 Å². The molecule has 0 aromatic carbocycles. The molecule has 1 saturated heterocycles. The molecule has 0 saturated carbocycles. The Balaban J connectivity index is 2.21. The Labute approximate surface area is 99.8 Å². The molecule has 6 heteroatoms. The van der Waals surface area contributed by atoms with Crippen molar-refractivity contribution in [3.05, 3.63) is 27.9 Å². The van der Waals surface area contributed by atoms with Crippen LogP contribution in [0.25, 0.3) is 0 Å². The number of H-pyrrole nitrogens is 1. The lowest BCUT2D eigenvalue weighted by Crippen LogP contribution is -2.39. The maximum Gasteiger partial charge on any atom is 0.251 e. The minimum Gasteiger partial charge on any atom is -0.368 e. The Morgan fingerprint density at radius 2 is 2.53 bits per heavy atom. The lowest BCUT2D eigenvalue weighted by molar-refractivity contribution is -0.0327. The van der Waals surface area contributed by atoms with Gasteiger partial charge >= 0.3 is 0 Å². The molecule has 17 heavy (non-hydrogen) atoms. The highest BCUT2D eigenvalue weighted by Gasteiger charge is 2.23. The quantitative estimate of drug-likeness (QED) is 0.750. The molecule has 1 unspecified atom stereocenters. The van der Waals surface area contributed by atoms with Crippen LogP contribution < -0.4 is 11.3 Å². The zero-order valence-corrected chi connectivity index (χ0v) is 9.98. The van der Waals surface area contributed by atoms with E-state index < -0.39 is 0 Å². The molecule has 2 heterocycles. The van der Waals surface area contributed by atoms with E-state index >= 15 is 0 Å². The first-order valence-electron chi connectivity index (χ1n) is 5.87. The van der Waals surface area contributed by atoms with Crippen molar-refractivity contribution < 1.29 is 4.74 Å². The van der Waals surface area contributed by atoms with E-state index in [1.807, 2.05) is 0 Å². The van der Waals surface area contributed by atoms with Gasteiger partial charge < -0.3 is 15.5 Å². The third-order valence-electron chi connectivity index (χ3n) is 2.92. The average molecular weight is 238 g/mol. The first-order chi connectivity index (χ1) is 8.22. The van der Waals surface area contributed by atoms with Gasteiger partial charge in [-0.05, 0) is 6.54 Å². The number of nitrogens with zero attached hydrogens (tertiary/aromatic N) is 2. The maximum atomic E-state index is 11.4. The summed E-state index contributed by atoms with van der Waals surface area (Å²) in [7, 11) is 0. The Hall–Kier alpha value is -1.24. The van der Waals surface area contributed by atoms with Crippen molar-refractivity contribution in [1.29, 1.82) is 0 Å². The standard InChI is InChI=1S/C11H18N4O2/c1-2-15-3-4-17-9(7-15)11-13-8(6-12)5-10(16)14-11/h5,9H,2-4,6-7,12H2,1H3,(H,13,14,16). The molecule has 0 radical (unpaired) electrons. The van der Waals surface area contributed by atoms with Crippen LogP contribution >= 0.6 is 0 Å². The molecule has 0 aliphatic carbocycles. The summed E-state index contributed by atoms with van der Waals surface area (Å²) >= 11 is 0. The van der Waals surface area contributed by atoms with Crippen LogP contribution in [0.5, 0.6) is 0 Å². The molecule has 1 aromatic rings. The molecule has 0 bridgehead atoms. The minimum absolute atomic E-state index is 0.164. The van der Waals surface area contributed by atoms with E-state index in [9.17, 15) is 4.79 Å². The van der Waals surface area contributed by atoms with Gasteiger partial charge in [-0.25, -0.2) is 4.98 Å². The van der Waals surface area contributed by atoms with Crippen molar-refractivity contribution in [1.82, 2.24) is 14.9 Å². The van der Waals surface area contributed by atoms with Gasteiger partial charge in [0.25, 0.3) is 5.56 Å². The summed E-state index contributed by atoms with van der Waals surface area (Å²) in [6, 6.07) is 1.42. The number of aromatic amines is 1. The average Bonchev–Trinajstić information content (AvgIpc) is 2.38. The highest BCUT2D eigenvalue weighted by molar-refractivity contribution is 5.05. The number of likely N-dealkylation sites (N-methyl/N-ethyl adjacent to an activating group) is 1. The fourth-order valence-corrected chi connectivity index (χ4v) is 1.94. The monoisotopic (exact) mass is 238 g/mol. The summed E-state index contributed by atoms with van der Waals surface area (Å²) in [5.41, 5.74) is 5.93. The Morgan fingerprint density at radius 1 is 1.71 bits per heavy atom. The fraction of sp³-hybridized carbons (Fsp3) is 0.636. The normalized spacial score (nSPS) is 21.6. The molecular formula is C11H18N4O2. The number of morpholine rings is 1. The first-order valence-corrected chi connectivity index (χ1v) is 5.87. The number of ether oxygens (including phenoxy) is 1. The van der Waals surface area contributed by atoms with E-state index in [4.69, 9.17) is 10.5 Å². The largest absolute Gasteiger partial charge is 0.368 e. The van der Waals surface area contributed by atoms with Crippen molar-refractivity contribution in [3.63, 3.8) is 0 Å². The zero-order chi connectivity index (χ0) is 12.3. The predicted octanol–water partition coefficient (Wildman–Crippen LogP) is -0.378. The molecule has 6 nitrogen and oxygen atoms in total. The Kier molecular flexibility index (Phi) is 3.88. The van der Waals surface area contributed by atoms with Crippen molar-refractivity contribution in [3.8, 4) is 0 Å². The summed E-state index contributed by atoms with van der Waals surface area (Å²) in [4.78, 5) is 20.7. The molecule has 2 rings (SSSR count). The van der Waals surface area contributed by atoms with Crippen LogP contribution in [0.1, 0.15) is 24.5 Å². The van der Waals surface area contributed by atoms with E-state index in [1.165, 1.54) is 6.07 Å². The van der Waals surface area contributed by atoms with Gasteiger partial charge in [0.15, 0.2) is 0 Å². The molecule has 0 spiro atoms. The zero-order valence-electron chi connectivity index (χ0n) is 9.98. The summed E-state index contributed by atoms with van der Waals surface area (Å²) in [5.74, 6) is 0.580. The molecule has 1 aliphatic heterocycles. The predicted molar refractivity (Wildman–Crippen MR) is 63.6 cm³/mol. The third kappa shape index (κ3) is 2.91. The van der Waals surface area contributed by atoms with E-state index in [-0.39, 0.29) is 18.2 Å². The van der Waals surface area contributed by atoms with Gasteiger partial charge in [-0.3, -0.25) is 9.69 Å². The molecular weight excluding hydrogens is 220 g/mol. The summed E-state index contributed by atoms with van der Waals surface area (Å²) in [5, 5.41) is 0. The van der Waals surface area contributed by atoms with Gasteiger partial charge in [-0.2, -0.15) is 0 Å². The topological polar surface area (TPSA) is 84.2 Å². The Morgan fingerprint density at radius 3 is 3.24 bits per heavy atom. The van der Waals surface area contributed by atoms with Gasteiger partial charge in [0.05, 0.1) is 12.3 Å². The fourth-order valence-electron chi connectivity index (χ4n) is 1.94. The summed E-state index contributed by atoms with van der Waals surface area (Å²) in [6.07, 6.45) is -0.164. The number of nitrogens with one attached hydrogen (secondary N) is 1. The molecule has 3 N–H and O–H groups in total. The first kappa shape index (κ1) is 12.2. The van der Waals surface area contributed by atoms with Crippen molar-refractivity contribution in [2.45, 2.75) is 19.6 Å². The van der Waals surface area contributed by atoms with Gasteiger partial charge in [-0.1, -0.05) is 6.92 Å². The molecule has 1 atom stereocenters. The summed E-state index contributed by atoms with van der Waals surface area (Å²) < 4.78 is 5.64. The van der Waals surface area contributed by atoms with Gasteiger partial charge in [-0.15, -0.1) is 0 Å². The number of aromatic nitrogens is 2. The van der Waals surface area contributed by atoms with E-state index in [1.54, 1.807) is 0 Å². The lowest BCUT2D eigenvalue weighted by atomic mass is 10.2. The highest BCUT2D eigenvalue weighted by Crippen LogP contribution is 2.17. The number of nitrogens with two attached hydrogens (primary N) is 1. The van der Waals surface area contributed by atoms with E-state index in [0.29, 0.717) is 18.1 Å². The number of rotatable bonds is 3. The van der Waals surface area contributed by atoms with Crippen LogP contribution in [0.2, 0.25) is 0 Å². The van der Waals surface area contributed by atoms with Crippen molar-refractivity contribution in [2.75, 3.05) is 26.2 Å². The second kappa shape index (κ2) is 5.39. The number of hydrogen-bond donors (Lipinski definition) is 2. The minimum atomic E-state index is -0.173. The van der Waals surface area contributed by atoms with E-state index in [0.717, 1.165) is 19.6 Å². The molecule has 0 amide bonds. The highest BCUT2D eigenvalue weighted by atomic mass is 16.5. The maximum absolute atomic E-state index is 11.4. The lowest BCUT2D eigenvalue weighted by Gasteiger charge is -2.31. The van der Waals surface area contributed by atoms with Gasteiger partial charge in [0, 0.05) is 25.7 Å². The number of hydrogen-bond acceptors (Lipinski definition) is 5. The molecule has 1 aromatic heterocycles. The van der Waals surface area contributed by atoms with Gasteiger partial charge in [0.2, 0.25) is 0 Å². The van der Waals surface area contributed by atoms with Crippen LogP contribution in [-0.2, 0) is 11.3 Å². The van der Waals surface area contributed by atoms with Gasteiger partial charge in [0.1, 0.15) is 11.9 Å².